The molecule has 2 aromatic rings. The minimum absolute atomic E-state index is 0.0783. The number of amides is 2. The summed E-state index contributed by atoms with van der Waals surface area (Å²) in [4.78, 5) is 30.0. The minimum Gasteiger partial charge on any atom is -0.497 e. The Hall–Kier alpha value is -2.65. The molecule has 2 amide bonds. The van der Waals surface area contributed by atoms with Gasteiger partial charge in [-0.2, -0.15) is 0 Å². The first-order valence-electron chi connectivity index (χ1n) is 8.04. The van der Waals surface area contributed by atoms with Gasteiger partial charge >= 0.3 is 0 Å². The van der Waals surface area contributed by atoms with Crippen molar-refractivity contribution in [2.45, 2.75) is 0 Å². The number of hydrogen-bond acceptors (Lipinski definition) is 7. The second kappa shape index (κ2) is 9.73. The van der Waals surface area contributed by atoms with E-state index >= 15 is 0 Å². The van der Waals surface area contributed by atoms with Crippen LogP contribution in [-0.2, 0) is 4.79 Å². The van der Waals surface area contributed by atoms with Gasteiger partial charge in [-0.05, 0) is 38.4 Å². The molecule has 0 bridgehead atoms. The molecule has 8 nitrogen and oxygen atoms in total. The van der Waals surface area contributed by atoms with Crippen LogP contribution in [0.2, 0.25) is 0 Å². The van der Waals surface area contributed by atoms with E-state index in [1.54, 1.807) is 12.5 Å². The number of carbonyl (C=O) groups is 2. The Balaban J connectivity index is 1.80. The highest BCUT2D eigenvalue weighted by Gasteiger charge is 2.12. The number of likely N-dealkylation sites (N-methyl/N-ethyl adjacent to an activating group) is 1. The molecule has 0 aliphatic rings. The molecule has 1 aromatic heterocycles. The van der Waals surface area contributed by atoms with Crippen LogP contribution >= 0.6 is 11.3 Å². The van der Waals surface area contributed by atoms with E-state index in [2.05, 4.69) is 20.9 Å². The quantitative estimate of drug-likeness (QED) is 0.610. The number of benzene rings is 1. The molecule has 9 heteroatoms. The van der Waals surface area contributed by atoms with Crippen LogP contribution in [-0.4, -0.2) is 62.5 Å². The highest BCUT2D eigenvalue weighted by atomic mass is 32.1. The number of hydrogen-bond donors (Lipinski definition) is 3. The van der Waals surface area contributed by atoms with Crippen molar-refractivity contribution in [2.24, 2.45) is 0 Å². The summed E-state index contributed by atoms with van der Waals surface area (Å²) in [5, 5.41) is 10.7. The van der Waals surface area contributed by atoms with E-state index in [1.165, 1.54) is 11.3 Å². The van der Waals surface area contributed by atoms with E-state index in [0.717, 1.165) is 18.0 Å². The highest BCUT2D eigenvalue weighted by Crippen LogP contribution is 2.22. The number of anilines is 2. The first-order valence-corrected chi connectivity index (χ1v) is 8.92. The number of nitrogens with one attached hydrogen (secondary N) is 3. The zero-order chi connectivity index (χ0) is 18.9. The first-order chi connectivity index (χ1) is 12.5. The predicted octanol–water partition coefficient (Wildman–Crippen LogP) is 1.30. The number of ether oxygens (including phenoxy) is 1. The third-order valence-electron chi connectivity index (χ3n) is 3.37. The minimum atomic E-state index is -0.383. The molecule has 0 aliphatic heterocycles. The summed E-state index contributed by atoms with van der Waals surface area (Å²) >= 11 is 1.31. The highest BCUT2D eigenvalue weighted by molar-refractivity contribution is 7.14. The van der Waals surface area contributed by atoms with Crippen LogP contribution in [0.5, 0.6) is 5.75 Å². The Bertz CT molecular complexity index is 730. The molecular formula is C17H23N5O3S. The molecule has 0 spiro atoms. The van der Waals surface area contributed by atoms with Crippen molar-refractivity contribution in [1.82, 2.24) is 20.5 Å². The summed E-state index contributed by atoms with van der Waals surface area (Å²) in [6.07, 6.45) is 0. The molecule has 0 fully saturated rings. The normalized spacial score (nSPS) is 10.5. The van der Waals surface area contributed by atoms with Crippen LogP contribution < -0.4 is 20.7 Å². The number of methoxy groups -OCH3 is 1. The zero-order valence-corrected chi connectivity index (χ0v) is 15.9. The van der Waals surface area contributed by atoms with Crippen LogP contribution in [0.3, 0.4) is 0 Å². The van der Waals surface area contributed by atoms with Crippen molar-refractivity contribution in [3.8, 4) is 5.75 Å². The van der Waals surface area contributed by atoms with Crippen LogP contribution in [0.25, 0.3) is 0 Å². The van der Waals surface area contributed by atoms with Gasteiger partial charge in [0, 0.05) is 24.2 Å². The summed E-state index contributed by atoms with van der Waals surface area (Å²) in [6.45, 7) is 1.20. The SMILES string of the molecule is COc1ccc(Nc2nc(C(=O)NCC(=O)NCCN(C)C)cs2)cc1. The number of carbonyl (C=O) groups excluding carboxylic acids is 2. The van der Waals surface area contributed by atoms with Gasteiger partial charge < -0.3 is 25.6 Å². The van der Waals surface area contributed by atoms with Crippen molar-refractivity contribution in [1.29, 1.82) is 0 Å². The van der Waals surface area contributed by atoms with Crippen LogP contribution in [0.4, 0.5) is 10.8 Å². The Kier molecular flexibility index (Phi) is 7.37. The Morgan fingerprint density at radius 1 is 1.19 bits per heavy atom. The van der Waals surface area contributed by atoms with Gasteiger partial charge in [0.15, 0.2) is 5.13 Å². The summed E-state index contributed by atoms with van der Waals surface area (Å²) in [7, 11) is 5.46. The van der Waals surface area contributed by atoms with Crippen molar-refractivity contribution < 1.29 is 14.3 Å². The summed E-state index contributed by atoms with van der Waals surface area (Å²) in [6, 6.07) is 7.38. The predicted molar refractivity (Wildman–Crippen MR) is 102 cm³/mol. The summed E-state index contributed by atoms with van der Waals surface area (Å²) in [5.74, 6) is 0.150. The maximum Gasteiger partial charge on any atom is 0.271 e. The second-order valence-corrected chi connectivity index (χ2v) is 6.59. The third kappa shape index (κ3) is 6.34. The summed E-state index contributed by atoms with van der Waals surface area (Å²) < 4.78 is 5.11. The zero-order valence-electron chi connectivity index (χ0n) is 15.0. The maximum atomic E-state index is 12.1. The molecule has 0 saturated carbocycles. The van der Waals surface area contributed by atoms with Gasteiger partial charge in [0.25, 0.3) is 5.91 Å². The van der Waals surface area contributed by atoms with Gasteiger partial charge in [-0.1, -0.05) is 0 Å². The van der Waals surface area contributed by atoms with Crippen molar-refractivity contribution in [3.63, 3.8) is 0 Å². The average molecular weight is 377 g/mol. The Morgan fingerprint density at radius 3 is 2.58 bits per heavy atom. The van der Waals surface area contributed by atoms with Gasteiger partial charge in [0.05, 0.1) is 13.7 Å². The average Bonchev–Trinajstić information content (AvgIpc) is 3.08. The lowest BCUT2D eigenvalue weighted by atomic mass is 10.3. The van der Waals surface area contributed by atoms with Crippen molar-refractivity contribution in [2.75, 3.05) is 46.2 Å². The van der Waals surface area contributed by atoms with Gasteiger partial charge in [-0.15, -0.1) is 11.3 Å². The molecule has 0 aliphatic carbocycles. The lowest BCUT2D eigenvalue weighted by molar-refractivity contribution is -0.120. The van der Waals surface area contributed by atoms with Crippen LogP contribution in [0.1, 0.15) is 10.5 Å². The fraction of sp³-hybridized carbons (Fsp3) is 0.353. The molecular weight excluding hydrogens is 354 g/mol. The number of thiazole rings is 1. The molecule has 0 saturated heterocycles. The standard InChI is InChI=1S/C17H23N5O3S/c1-22(2)9-8-18-15(23)10-19-16(24)14-11-26-17(21-14)20-12-4-6-13(25-3)7-5-12/h4-7,11H,8-10H2,1-3H3,(H,18,23)(H,19,24)(H,20,21). The maximum absolute atomic E-state index is 12.1. The second-order valence-electron chi connectivity index (χ2n) is 5.73. The Labute approximate surface area is 156 Å². The van der Waals surface area contributed by atoms with Crippen molar-refractivity contribution in [3.05, 3.63) is 35.3 Å². The molecule has 0 unspecified atom stereocenters. The fourth-order valence-electron chi connectivity index (χ4n) is 1.97. The number of nitrogens with zero attached hydrogens (tertiary/aromatic N) is 2. The molecule has 0 atom stereocenters. The fourth-order valence-corrected chi connectivity index (χ4v) is 2.68. The first kappa shape index (κ1) is 19.7. The van der Waals surface area contributed by atoms with Gasteiger partial charge in [-0.3, -0.25) is 9.59 Å². The Morgan fingerprint density at radius 2 is 1.92 bits per heavy atom. The van der Waals surface area contributed by atoms with Gasteiger partial charge in [0.1, 0.15) is 11.4 Å². The summed E-state index contributed by atoms with van der Waals surface area (Å²) in [5.41, 5.74) is 1.11. The number of aromatic nitrogens is 1. The molecule has 1 aromatic carbocycles. The molecule has 1 heterocycles. The largest absolute Gasteiger partial charge is 0.497 e. The monoisotopic (exact) mass is 377 g/mol. The number of rotatable bonds is 9. The van der Waals surface area contributed by atoms with Crippen molar-refractivity contribution >= 4 is 34.0 Å². The molecule has 3 N–H and O–H groups in total. The van der Waals surface area contributed by atoms with E-state index in [4.69, 9.17) is 4.74 Å². The van der Waals surface area contributed by atoms with Gasteiger partial charge in [0.2, 0.25) is 5.91 Å². The van der Waals surface area contributed by atoms with Gasteiger partial charge in [-0.25, -0.2) is 4.98 Å². The molecule has 26 heavy (non-hydrogen) atoms. The lowest BCUT2D eigenvalue weighted by Crippen LogP contribution is -2.39. The molecule has 2 rings (SSSR count). The molecule has 0 radical (unpaired) electrons. The molecule has 140 valence electrons. The van der Waals surface area contributed by atoms with E-state index in [0.29, 0.717) is 11.7 Å². The van der Waals surface area contributed by atoms with Crippen LogP contribution in [0, 0.1) is 0 Å². The topological polar surface area (TPSA) is 95.6 Å². The van der Waals surface area contributed by atoms with E-state index in [1.807, 2.05) is 43.3 Å². The van der Waals surface area contributed by atoms with Crippen LogP contribution in [0.15, 0.2) is 29.6 Å². The van der Waals surface area contributed by atoms with E-state index < -0.39 is 0 Å². The third-order valence-corrected chi connectivity index (χ3v) is 4.13. The van der Waals surface area contributed by atoms with E-state index in [-0.39, 0.29) is 24.1 Å². The van der Waals surface area contributed by atoms with E-state index in [9.17, 15) is 9.59 Å². The lowest BCUT2D eigenvalue weighted by Gasteiger charge is -2.10. The smallest absolute Gasteiger partial charge is 0.271 e.